The van der Waals surface area contributed by atoms with Crippen LogP contribution in [0, 0.1) is 0 Å². The number of nitrogens with zero attached hydrogens (tertiary/aromatic N) is 2. The Morgan fingerprint density at radius 2 is 2.21 bits per heavy atom. The zero-order chi connectivity index (χ0) is 9.80. The first-order valence-corrected chi connectivity index (χ1v) is 5.25. The molecule has 0 aliphatic carbocycles. The maximum absolute atomic E-state index is 5.99. The molecule has 0 fully saturated rings. The monoisotopic (exact) mass is 225 g/mol. The number of halogens is 1. The van der Waals surface area contributed by atoms with E-state index in [2.05, 4.69) is 14.7 Å². The average Bonchev–Trinajstić information content (AvgIpc) is 2.69. The van der Waals surface area contributed by atoms with Crippen LogP contribution in [0.25, 0.3) is 0 Å². The Kier molecular flexibility index (Phi) is 2.96. The fourth-order valence-electron chi connectivity index (χ4n) is 1.06. The Hall–Kier alpha value is -1.13. The van der Waals surface area contributed by atoms with Gasteiger partial charge in [0.1, 0.15) is 6.33 Å². The van der Waals surface area contributed by atoms with Crippen LogP contribution >= 0.6 is 23.1 Å². The molecule has 0 saturated heterocycles. The van der Waals surface area contributed by atoms with E-state index in [1.807, 2.05) is 24.3 Å². The van der Waals surface area contributed by atoms with Gasteiger partial charge in [-0.25, -0.2) is 4.98 Å². The first kappa shape index (κ1) is 9.43. The number of hydrogen-bond acceptors (Lipinski definition) is 4. The van der Waals surface area contributed by atoms with Crippen LogP contribution in [0.5, 0.6) is 0 Å². The van der Waals surface area contributed by atoms with Gasteiger partial charge in [-0.2, -0.15) is 4.37 Å². The Balaban J connectivity index is 2.02. The molecule has 2 rings (SSSR count). The van der Waals surface area contributed by atoms with E-state index in [0.717, 1.165) is 15.7 Å². The minimum atomic E-state index is 0.675. The van der Waals surface area contributed by atoms with Crippen LogP contribution < -0.4 is 5.32 Å². The van der Waals surface area contributed by atoms with Crippen molar-refractivity contribution in [2.45, 2.75) is 6.54 Å². The number of benzene rings is 1. The third-order valence-electron chi connectivity index (χ3n) is 1.75. The molecule has 0 radical (unpaired) electrons. The van der Waals surface area contributed by atoms with E-state index in [0.29, 0.717) is 6.54 Å². The van der Waals surface area contributed by atoms with Gasteiger partial charge in [-0.05, 0) is 11.6 Å². The molecule has 0 amide bonds. The SMILES string of the molecule is Clc1ccccc1CNc1ncns1. The molecule has 0 aliphatic heterocycles. The first-order chi connectivity index (χ1) is 6.86. The van der Waals surface area contributed by atoms with E-state index in [9.17, 15) is 0 Å². The fourth-order valence-corrected chi connectivity index (χ4v) is 1.69. The largest absolute Gasteiger partial charge is 0.356 e. The number of rotatable bonds is 3. The third kappa shape index (κ3) is 2.21. The minimum Gasteiger partial charge on any atom is -0.356 e. The average molecular weight is 226 g/mol. The molecule has 14 heavy (non-hydrogen) atoms. The number of aromatic nitrogens is 2. The molecule has 0 bridgehead atoms. The van der Waals surface area contributed by atoms with Crippen molar-refractivity contribution >= 4 is 28.3 Å². The van der Waals surface area contributed by atoms with E-state index in [4.69, 9.17) is 11.6 Å². The van der Waals surface area contributed by atoms with Crippen molar-refractivity contribution in [1.29, 1.82) is 0 Å². The fraction of sp³-hybridized carbons (Fsp3) is 0.111. The van der Waals surface area contributed by atoms with Crippen molar-refractivity contribution in [3.8, 4) is 0 Å². The maximum atomic E-state index is 5.99. The Labute approximate surface area is 90.9 Å². The van der Waals surface area contributed by atoms with E-state index in [1.165, 1.54) is 17.9 Å². The molecule has 3 nitrogen and oxygen atoms in total. The first-order valence-electron chi connectivity index (χ1n) is 4.10. The molecule has 72 valence electrons. The van der Waals surface area contributed by atoms with Gasteiger partial charge in [0.25, 0.3) is 0 Å². The molecular formula is C9H8ClN3S. The summed E-state index contributed by atoms with van der Waals surface area (Å²) in [7, 11) is 0. The van der Waals surface area contributed by atoms with Gasteiger partial charge in [0.15, 0.2) is 0 Å². The van der Waals surface area contributed by atoms with Gasteiger partial charge in [-0.1, -0.05) is 29.8 Å². The maximum Gasteiger partial charge on any atom is 0.202 e. The van der Waals surface area contributed by atoms with Crippen LogP contribution in [0.2, 0.25) is 5.02 Å². The smallest absolute Gasteiger partial charge is 0.202 e. The summed E-state index contributed by atoms with van der Waals surface area (Å²) in [5.41, 5.74) is 1.06. The molecule has 1 aromatic carbocycles. The van der Waals surface area contributed by atoms with Crippen molar-refractivity contribution in [2.24, 2.45) is 0 Å². The van der Waals surface area contributed by atoms with Gasteiger partial charge >= 0.3 is 0 Å². The van der Waals surface area contributed by atoms with Crippen LogP contribution in [0.15, 0.2) is 30.6 Å². The molecule has 0 spiro atoms. The Morgan fingerprint density at radius 3 is 2.93 bits per heavy atom. The minimum absolute atomic E-state index is 0.675. The van der Waals surface area contributed by atoms with Crippen LogP contribution in [0.1, 0.15) is 5.56 Å². The normalized spacial score (nSPS) is 10.1. The Morgan fingerprint density at radius 1 is 1.36 bits per heavy atom. The molecular weight excluding hydrogens is 218 g/mol. The lowest BCUT2D eigenvalue weighted by Gasteiger charge is -2.03. The molecule has 0 aliphatic rings. The lowest BCUT2D eigenvalue weighted by Crippen LogP contribution is -1.98. The summed E-state index contributed by atoms with van der Waals surface area (Å²) in [6.45, 7) is 0.675. The zero-order valence-electron chi connectivity index (χ0n) is 7.27. The van der Waals surface area contributed by atoms with Crippen molar-refractivity contribution in [2.75, 3.05) is 5.32 Å². The molecule has 2 aromatic rings. The van der Waals surface area contributed by atoms with E-state index in [1.54, 1.807) is 0 Å². The summed E-state index contributed by atoms with van der Waals surface area (Å²) in [5, 5.41) is 4.72. The summed E-state index contributed by atoms with van der Waals surface area (Å²) in [6.07, 6.45) is 1.53. The highest BCUT2D eigenvalue weighted by Gasteiger charge is 1.99. The zero-order valence-corrected chi connectivity index (χ0v) is 8.85. The van der Waals surface area contributed by atoms with Crippen molar-refractivity contribution in [3.05, 3.63) is 41.2 Å². The van der Waals surface area contributed by atoms with Crippen LogP contribution in [0.3, 0.4) is 0 Å². The van der Waals surface area contributed by atoms with Gasteiger partial charge in [-0.15, -0.1) is 0 Å². The van der Waals surface area contributed by atoms with Gasteiger partial charge in [-0.3, -0.25) is 0 Å². The molecule has 1 heterocycles. The second kappa shape index (κ2) is 4.39. The number of hydrogen-bond donors (Lipinski definition) is 1. The summed E-state index contributed by atoms with van der Waals surface area (Å²) >= 11 is 7.32. The quantitative estimate of drug-likeness (QED) is 0.873. The van der Waals surface area contributed by atoms with E-state index in [-0.39, 0.29) is 0 Å². The summed E-state index contributed by atoms with van der Waals surface area (Å²) in [6, 6.07) is 7.73. The standard InChI is InChI=1S/C9H8ClN3S/c10-8-4-2-1-3-7(8)5-11-9-12-6-13-14-9/h1-4,6H,5H2,(H,11,12,13). The van der Waals surface area contributed by atoms with E-state index >= 15 is 0 Å². The number of anilines is 1. The van der Waals surface area contributed by atoms with Crippen molar-refractivity contribution < 1.29 is 0 Å². The summed E-state index contributed by atoms with van der Waals surface area (Å²) in [5.74, 6) is 0. The third-order valence-corrected chi connectivity index (χ3v) is 2.74. The van der Waals surface area contributed by atoms with Gasteiger partial charge in [0, 0.05) is 23.1 Å². The highest BCUT2D eigenvalue weighted by Crippen LogP contribution is 2.16. The highest BCUT2D eigenvalue weighted by molar-refractivity contribution is 7.09. The highest BCUT2D eigenvalue weighted by atomic mass is 35.5. The van der Waals surface area contributed by atoms with Crippen LogP contribution in [-0.4, -0.2) is 9.36 Å². The lowest BCUT2D eigenvalue weighted by molar-refractivity contribution is 1.13. The predicted octanol–water partition coefficient (Wildman–Crippen LogP) is 2.80. The molecule has 1 N–H and O–H groups in total. The van der Waals surface area contributed by atoms with Crippen LogP contribution in [0.4, 0.5) is 5.13 Å². The summed E-state index contributed by atoms with van der Waals surface area (Å²) < 4.78 is 3.89. The molecule has 0 saturated carbocycles. The van der Waals surface area contributed by atoms with Gasteiger partial charge in [0.05, 0.1) is 0 Å². The van der Waals surface area contributed by atoms with Crippen molar-refractivity contribution in [3.63, 3.8) is 0 Å². The second-order valence-corrected chi connectivity index (χ2v) is 3.88. The Bertz CT molecular complexity index is 402. The lowest BCUT2D eigenvalue weighted by atomic mass is 10.2. The van der Waals surface area contributed by atoms with Crippen molar-refractivity contribution in [1.82, 2.24) is 9.36 Å². The molecule has 0 atom stereocenters. The second-order valence-electron chi connectivity index (χ2n) is 2.69. The predicted molar refractivity (Wildman–Crippen MR) is 58.7 cm³/mol. The molecule has 1 aromatic heterocycles. The van der Waals surface area contributed by atoms with E-state index < -0.39 is 0 Å². The topological polar surface area (TPSA) is 37.8 Å². The molecule has 5 heteroatoms. The van der Waals surface area contributed by atoms with Crippen LogP contribution in [-0.2, 0) is 6.54 Å². The van der Waals surface area contributed by atoms with Gasteiger partial charge < -0.3 is 5.32 Å². The summed E-state index contributed by atoms with van der Waals surface area (Å²) in [4.78, 5) is 4.01. The van der Waals surface area contributed by atoms with Gasteiger partial charge in [0.2, 0.25) is 5.13 Å². The number of nitrogens with one attached hydrogen (secondary N) is 1. The molecule has 0 unspecified atom stereocenters.